The van der Waals surface area contributed by atoms with Crippen LogP contribution >= 0.6 is 27.7 Å². The Morgan fingerprint density at radius 3 is 2.49 bits per heavy atom. The Hall–Kier alpha value is -3.33. The van der Waals surface area contributed by atoms with Gasteiger partial charge in [0.25, 0.3) is 11.1 Å². The normalized spacial score (nSPS) is 17.2. The van der Waals surface area contributed by atoms with Crippen LogP contribution in [0.2, 0.25) is 0 Å². The second-order valence-electron chi connectivity index (χ2n) is 9.85. The van der Waals surface area contributed by atoms with Crippen LogP contribution in [-0.4, -0.2) is 46.9 Å². The van der Waals surface area contributed by atoms with Gasteiger partial charge in [-0.25, -0.2) is 0 Å². The predicted molar refractivity (Wildman–Crippen MR) is 161 cm³/mol. The molecule has 8 heteroatoms. The zero-order valence-corrected chi connectivity index (χ0v) is 24.2. The monoisotopic (exact) mass is 601 g/mol. The van der Waals surface area contributed by atoms with Gasteiger partial charge in [0.05, 0.1) is 30.4 Å². The number of hydrogen-bond donors (Lipinski definition) is 0. The lowest BCUT2D eigenvalue weighted by Gasteiger charge is -2.30. The molecule has 2 amide bonds. The molecule has 3 aromatic carbocycles. The first kappa shape index (κ1) is 25.9. The van der Waals surface area contributed by atoms with Crippen LogP contribution in [0.15, 0.2) is 76.1 Å². The minimum Gasteiger partial charge on any atom is -0.378 e. The summed E-state index contributed by atoms with van der Waals surface area (Å²) in [6.07, 6.45) is 1.85. The lowest BCUT2D eigenvalue weighted by molar-refractivity contribution is -0.123. The number of morpholine rings is 1. The fourth-order valence-electron chi connectivity index (χ4n) is 5.32. The van der Waals surface area contributed by atoms with Crippen molar-refractivity contribution in [1.29, 1.82) is 0 Å². The number of ether oxygens (including phenoxy) is 1. The number of benzene rings is 3. The molecule has 0 spiro atoms. The maximum atomic E-state index is 13.3. The van der Waals surface area contributed by atoms with Crippen LogP contribution < -0.4 is 4.90 Å². The SMILES string of the molecule is Cc1cc(/C=C2\SC(=O)N(Cc3ccc4ccccc4c3)C2=O)c(C)n1-c1ccc(N2CCOCC2)c(Br)c1. The molecule has 0 saturated carbocycles. The third-order valence-electron chi connectivity index (χ3n) is 7.33. The number of rotatable bonds is 5. The maximum Gasteiger partial charge on any atom is 0.293 e. The van der Waals surface area contributed by atoms with Crippen molar-refractivity contribution in [2.24, 2.45) is 0 Å². The van der Waals surface area contributed by atoms with E-state index in [-0.39, 0.29) is 17.7 Å². The molecule has 0 unspecified atom stereocenters. The summed E-state index contributed by atoms with van der Waals surface area (Å²) in [4.78, 5) is 30.2. The fraction of sp³-hybridized carbons (Fsp3) is 0.226. The van der Waals surface area contributed by atoms with Crippen LogP contribution in [0.5, 0.6) is 0 Å². The van der Waals surface area contributed by atoms with Gasteiger partial charge in [0.15, 0.2) is 0 Å². The Labute approximate surface area is 240 Å². The highest BCUT2D eigenvalue weighted by atomic mass is 79.9. The first-order chi connectivity index (χ1) is 18.9. The van der Waals surface area contributed by atoms with E-state index in [2.05, 4.69) is 62.7 Å². The molecule has 3 heterocycles. The number of hydrogen-bond acceptors (Lipinski definition) is 5. The largest absolute Gasteiger partial charge is 0.378 e. The van der Waals surface area contributed by atoms with E-state index in [1.165, 1.54) is 4.90 Å². The van der Waals surface area contributed by atoms with Crippen LogP contribution in [0.4, 0.5) is 10.5 Å². The summed E-state index contributed by atoms with van der Waals surface area (Å²) in [7, 11) is 0. The van der Waals surface area contributed by atoms with Gasteiger partial charge in [0.1, 0.15) is 0 Å². The average molecular weight is 603 g/mol. The second-order valence-corrected chi connectivity index (χ2v) is 11.7. The highest BCUT2D eigenvalue weighted by Gasteiger charge is 2.35. The van der Waals surface area contributed by atoms with Crippen molar-refractivity contribution in [2.45, 2.75) is 20.4 Å². The number of nitrogens with zero attached hydrogens (tertiary/aromatic N) is 3. The molecule has 2 aliphatic heterocycles. The molecule has 0 aliphatic carbocycles. The molecule has 0 atom stereocenters. The third-order valence-corrected chi connectivity index (χ3v) is 8.87. The molecule has 4 aromatic rings. The molecular weight excluding hydrogens is 574 g/mol. The maximum absolute atomic E-state index is 13.3. The van der Waals surface area contributed by atoms with Crippen molar-refractivity contribution in [1.82, 2.24) is 9.47 Å². The second kappa shape index (κ2) is 10.7. The third kappa shape index (κ3) is 5.04. The fourth-order valence-corrected chi connectivity index (χ4v) is 6.77. The van der Waals surface area contributed by atoms with Crippen LogP contribution in [0.25, 0.3) is 22.5 Å². The summed E-state index contributed by atoms with van der Waals surface area (Å²) in [6.45, 7) is 7.58. The number of aromatic nitrogens is 1. The van der Waals surface area contributed by atoms with Crippen molar-refractivity contribution >= 4 is 61.4 Å². The molecule has 6 nitrogen and oxygen atoms in total. The molecule has 198 valence electrons. The molecule has 2 saturated heterocycles. The summed E-state index contributed by atoms with van der Waals surface area (Å²) in [5, 5.41) is 1.99. The topological polar surface area (TPSA) is 54.8 Å². The summed E-state index contributed by atoms with van der Waals surface area (Å²) >= 11 is 4.77. The zero-order chi connectivity index (χ0) is 27.1. The molecule has 0 radical (unpaired) electrons. The standard InChI is InChI=1S/C31H28BrN3O3S/c1-20-15-25(21(2)35(20)26-9-10-28(27(32)18-26)33-11-13-38-14-12-33)17-29-30(36)34(31(37)39-29)19-22-7-8-23-5-3-4-6-24(23)16-22/h3-10,15-18H,11-14,19H2,1-2H3/b29-17-. The summed E-state index contributed by atoms with van der Waals surface area (Å²) in [5.74, 6) is -0.249. The van der Waals surface area contributed by atoms with Crippen LogP contribution in [0, 0.1) is 13.8 Å². The van der Waals surface area contributed by atoms with E-state index in [1.54, 1.807) is 0 Å². The van der Waals surface area contributed by atoms with Crippen molar-refractivity contribution in [3.63, 3.8) is 0 Å². The van der Waals surface area contributed by atoms with Crippen molar-refractivity contribution in [3.8, 4) is 5.69 Å². The molecule has 39 heavy (non-hydrogen) atoms. The molecule has 1 aromatic heterocycles. The van der Waals surface area contributed by atoms with Gasteiger partial charge >= 0.3 is 0 Å². The van der Waals surface area contributed by atoms with Crippen molar-refractivity contribution < 1.29 is 14.3 Å². The minimum absolute atomic E-state index is 0.240. The van der Waals surface area contributed by atoms with Gasteiger partial charge in [-0.15, -0.1) is 0 Å². The number of halogens is 1. The van der Waals surface area contributed by atoms with Gasteiger partial charge < -0.3 is 14.2 Å². The van der Waals surface area contributed by atoms with Gasteiger partial charge in [0.2, 0.25) is 0 Å². The van der Waals surface area contributed by atoms with Crippen molar-refractivity contribution in [2.75, 3.05) is 31.2 Å². The summed E-state index contributed by atoms with van der Waals surface area (Å²) in [5.41, 5.74) is 6.13. The number of fused-ring (bicyclic) bond motifs is 1. The highest BCUT2D eigenvalue weighted by molar-refractivity contribution is 9.10. The summed E-state index contributed by atoms with van der Waals surface area (Å²) < 4.78 is 8.71. The lowest BCUT2D eigenvalue weighted by atomic mass is 10.1. The van der Waals surface area contributed by atoms with Crippen LogP contribution in [0.1, 0.15) is 22.5 Å². The van der Waals surface area contributed by atoms with E-state index in [1.807, 2.05) is 49.4 Å². The Balaban J connectivity index is 1.24. The van der Waals surface area contributed by atoms with Crippen LogP contribution in [-0.2, 0) is 16.1 Å². The first-order valence-electron chi connectivity index (χ1n) is 12.9. The number of carbonyl (C=O) groups excluding carboxylic acids is 2. The Bertz CT molecular complexity index is 1640. The molecule has 6 rings (SSSR count). The average Bonchev–Trinajstić information content (AvgIpc) is 3.37. The number of thioether (sulfide) groups is 1. The van der Waals surface area contributed by atoms with E-state index in [0.29, 0.717) is 4.91 Å². The molecule has 2 aliphatic rings. The number of aryl methyl sites for hydroxylation is 1. The number of imide groups is 1. The lowest BCUT2D eigenvalue weighted by Crippen LogP contribution is -2.36. The first-order valence-corrected chi connectivity index (χ1v) is 14.5. The van der Waals surface area contributed by atoms with E-state index < -0.39 is 0 Å². The molecule has 0 N–H and O–H groups in total. The predicted octanol–water partition coefficient (Wildman–Crippen LogP) is 7.08. The van der Waals surface area contributed by atoms with E-state index in [0.717, 1.165) is 87.2 Å². The van der Waals surface area contributed by atoms with Gasteiger partial charge in [-0.1, -0.05) is 36.4 Å². The van der Waals surface area contributed by atoms with Crippen LogP contribution in [0.3, 0.4) is 0 Å². The van der Waals surface area contributed by atoms with Gasteiger partial charge in [-0.3, -0.25) is 14.5 Å². The molecule has 0 bridgehead atoms. The molecular formula is C31H28BrN3O3S. The zero-order valence-electron chi connectivity index (χ0n) is 21.8. The number of anilines is 1. The number of amides is 2. The van der Waals surface area contributed by atoms with Gasteiger partial charge in [-0.2, -0.15) is 0 Å². The Morgan fingerprint density at radius 1 is 0.949 bits per heavy atom. The molecule has 2 fully saturated rings. The van der Waals surface area contributed by atoms with E-state index in [4.69, 9.17) is 4.74 Å². The highest BCUT2D eigenvalue weighted by Crippen LogP contribution is 2.36. The van der Waals surface area contributed by atoms with E-state index in [9.17, 15) is 9.59 Å². The van der Waals surface area contributed by atoms with Gasteiger partial charge in [0, 0.05) is 34.6 Å². The van der Waals surface area contributed by atoms with E-state index >= 15 is 0 Å². The minimum atomic E-state index is -0.249. The number of carbonyl (C=O) groups is 2. The smallest absolute Gasteiger partial charge is 0.293 e. The Kier molecular flexibility index (Phi) is 7.10. The quantitative estimate of drug-likeness (QED) is 0.229. The Morgan fingerprint density at radius 2 is 1.72 bits per heavy atom. The van der Waals surface area contributed by atoms with Gasteiger partial charge in [-0.05, 0) is 99.8 Å². The summed E-state index contributed by atoms with van der Waals surface area (Å²) in [6, 6.07) is 22.6. The van der Waals surface area contributed by atoms with Crippen molar-refractivity contribution in [3.05, 3.63) is 98.6 Å².